The summed E-state index contributed by atoms with van der Waals surface area (Å²) in [4.78, 5) is 16.2. The smallest absolute Gasteiger partial charge is 0.274 e. The second kappa shape index (κ2) is 5.43. The van der Waals surface area contributed by atoms with E-state index in [-0.39, 0.29) is 5.91 Å². The summed E-state index contributed by atoms with van der Waals surface area (Å²) in [7, 11) is 0. The summed E-state index contributed by atoms with van der Waals surface area (Å²) in [6.07, 6.45) is 1.61. The normalized spacial score (nSPS) is 10.4. The number of nitrogens with one attached hydrogen (secondary N) is 1. The Balaban J connectivity index is 2.00. The average molecular weight is 327 g/mol. The lowest BCUT2D eigenvalue weighted by Gasteiger charge is -2.09. The minimum atomic E-state index is -0.210. The number of pyridine rings is 1. The maximum atomic E-state index is 12.2. The first-order valence-corrected chi connectivity index (χ1v) is 6.94. The van der Waals surface area contributed by atoms with Crippen molar-refractivity contribution in [1.29, 1.82) is 0 Å². The van der Waals surface area contributed by atoms with Crippen LogP contribution < -0.4 is 5.32 Å². The van der Waals surface area contributed by atoms with Crippen LogP contribution in [0.5, 0.6) is 0 Å². The lowest BCUT2D eigenvalue weighted by molar-refractivity contribution is 0.102. The van der Waals surface area contributed by atoms with Gasteiger partial charge in [-0.3, -0.25) is 9.78 Å². The highest BCUT2D eigenvalue weighted by atomic mass is 79.9. The zero-order valence-electron chi connectivity index (χ0n) is 10.5. The van der Waals surface area contributed by atoms with Crippen LogP contribution in [0.4, 0.5) is 5.69 Å². The molecule has 0 saturated heterocycles. The first-order valence-electron chi connectivity index (χ1n) is 6.15. The zero-order valence-corrected chi connectivity index (χ0v) is 12.1. The minimum absolute atomic E-state index is 0.210. The number of hydrogen-bond donors (Lipinski definition) is 1. The number of carbonyl (C=O) groups is 1. The van der Waals surface area contributed by atoms with E-state index < -0.39 is 0 Å². The summed E-state index contributed by atoms with van der Waals surface area (Å²) >= 11 is 3.52. The van der Waals surface area contributed by atoms with E-state index in [2.05, 4.69) is 26.2 Å². The number of halogens is 1. The zero-order chi connectivity index (χ0) is 13.9. The van der Waals surface area contributed by atoms with E-state index in [1.54, 1.807) is 24.4 Å². The van der Waals surface area contributed by atoms with E-state index >= 15 is 0 Å². The van der Waals surface area contributed by atoms with Crippen molar-refractivity contribution >= 4 is 38.3 Å². The van der Waals surface area contributed by atoms with Crippen molar-refractivity contribution in [2.45, 2.75) is 0 Å². The molecule has 1 aromatic heterocycles. The van der Waals surface area contributed by atoms with E-state index in [9.17, 15) is 4.79 Å². The maximum Gasteiger partial charge on any atom is 0.274 e. The predicted molar refractivity (Wildman–Crippen MR) is 83.8 cm³/mol. The van der Waals surface area contributed by atoms with Crippen molar-refractivity contribution in [2.24, 2.45) is 0 Å². The van der Waals surface area contributed by atoms with Gasteiger partial charge in [-0.2, -0.15) is 0 Å². The highest BCUT2D eigenvalue weighted by Gasteiger charge is 2.09. The van der Waals surface area contributed by atoms with E-state index in [1.807, 2.05) is 36.4 Å². The Morgan fingerprint density at radius 1 is 0.950 bits per heavy atom. The van der Waals surface area contributed by atoms with Crippen molar-refractivity contribution < 1.29 is 4.79 Å². The van der Waals surface area contributed by atoms with Gasteiger partial charge < -0.3 is 5.32 Å². The fraction of sp³-hybridized carbons (Fsp3) is 0. The number of carbonyl (C=O) groups excluding carboxylic acids is 1. The number of rotatable bonds is 2. The number of hydrogen-bond acceptors (Lipinski definition) is 2. The highest BCUT2D eigenvalue weighted by molar-refractivity contribution is 9.10. The van der Waals surface area contributed by atoms with Crippen molar-refractivity contribution in [3.8, 4) is 0 Å². The molecule has 0 aliphatic heterocycles. The SMILES string of the molecule is O=C(Nc1cccc2c(Br)cccc12)c1ccccn1. The van der Waals surface area contributed by atoms with Crippen molar-refractivity contribution in [3.63, 3.8) is 0 Å². The van der Waals surface area contributed by atoms with Crippen LogP contribution in [0.15, 0.2) is 65.3 Å². The first-order chi connectivity index (χ1) is 9.75. The standard InChI is InChI=1S/C16H11BrN2O/c17-13-7-3-6-12-11(13)5-4-9-14(12)19-16(20)15-8-1-2-10-18-15/h1-10H,(H,19,20). The van der Waals surface area contributed by atoms with Crippen molar-refractivity contribution in [1.82, 2.24) is 4.98 Å². The molecule has 4 heteroatoms. The fourth-order valence-electron chi connectivity index (χ4n) is 2.06. The van der Waals surface area contributed by atoms with E-state index in [0.29, 0.717) is 5.69 Å². The van der Waals surface area contributed by atoms with Gasteiger partial charge in [-0.1, -0.05) is 46.3 Å². The Labute approximate surface area is 124 Å². The molecule has 1 N–H and O–H groups in total. The fourth-order valence-corrected chi connectivity index (χ4v) is 2.56. The molecule has 3 rings (SSSR count). The van der Waals surface area contributed by atoms with Crippen LogP contribution in [0.1, 0.15) is 10.5 Å². The topological polar surface area (TPSA) is 42.0 Å². The molecule has 98 valence electrons. The van der Waals surface area contributed by atoms with E-state index in [0.717, 1.165) is 20.9 Å². The van der Waals surface area contributed by atoms with Gasteiger partial charge in [0, 0.05) is 21.7 Å². The molecule has 0 aliphatic rings. The van der Waals surface area contributed by atoms with E-state index in [1.165, 1.54) is 0 Å². The lowest BCUT2D eigenvalue weighted by Crippen LogP contribution is -2.13. The third kappa shape index (κ3) is 2.42. The van der Waals surface area contributed by atoms with Gasteiger partial charge in [-0.25, -0.2) is 0 Å². The molecule has 3 aromatic rings. The van der Waals surface area contributed by atoms with Gasteiger partial charge in [-0.15, -0.1) is 0 Å². The summed E-state index contributed by atoms with van der Waals surface area (Å²) in [5.74, 6) is -0.210. The van der Waals surface area contributed by atoms with Gasteiger partial charge >= 0.3 is 0 Å². The number of anilines is 1. The van der Waals surface area contributed by atoms with Gasteiger partial charge in [-0.05, 0) is 29.7 Å². The van der Waals surface area contributed by atoms with Crippen LogP contribution in [0.2, 0.25) is 0 Å². The summed E-state index contributed by atoms with van der Waals surface area (Å²) in [6.45, 7) is 0. The first kappa shape index (κ1) is 12.8. The Kier molecular flexibility index (Phi) is 3.48. The number of benzene rings is 2. The summed E-state index contributed by atoms with van der Waals surface area (Å²) < 4.78 is 1.00. The molecular formula is C16H11BrN2O. The van der Waals surface area contributed by atoms with Crippen molar-refractivity contribution in [2.75, 3.05) is 5.32 Å². The minimum Gasteiger partial charge on any atom is -0.320 e. The van der Waals surface area contributed by atoms with Crippen molar-refractivity contribution in [3.05, 3.63) is 71.0 Å². The van der Waals surface area contributed by atoms with Gasteiger partial charge in [0.1, 0.15) is 5.69 Å². The lowest BCUT2D eigenvalue weighted by atomic mass is 10.1. The van der Waals surface area contributed by atoms with Gasteiger partial charge in [0.2, 0.25) is 0 Å². The Morgan fingerprint density at radius 3 is 2.55 bits per heavy atom. The molecular weight excluding hydrogens is 316 g/mol. The Bertz CT molecular complexity index is 772. The van der Waals surface area contributed by atoms with Gasteiger partial charge in [0.15, 0.2) is 0 Å². The molecule has 0 fully saturated rings. The van der Waals surface area contributed by atoms with Crippen LogP contribution in [-0.4, -0.2) is 10.9 Å². The van der Waals surface area contributed by atoms with Gasteiger partial charge in [0.25, 0.3) is 5.91 Å². The molecule has 0 bridgehead atoms. The van der Waals surface area contributed by atoms with Crippen LogP contribution in [-0.2, 0) is 0 Å². The third-order valence-electron chi connectivity index (χ3n) is 3.01. The monoisotopic (exact) mass is 326 g/mol. The molecule has 1 amide bonds. The molecule has 0 aliphatic carbocycles. The second-order valence-corrected chi connectivity index (χ2v) is 5.16. The summed E-state index contributed by atoms with van der Waals surface area (Å²) in [5, 5.41) is 4.96. The molecule has 0 saturated carbocycles. The van der Waals surface area contributed by atoms with Crippen LogP contribution >= 0.6 is 15.9 Å². The summed E-state index contributed by atoms with van der Waals surface area (Å²) in [6, 6.07) is 17.0. The largest absolute Gasteiger partial charge is 0.320 e. The Hall–Kier alpha value is -2.20. The molecule has 0 radical (unpaired) electrons. The summed E-state index contributed by atoms with van der Waals surface area (Å²) in [5.41, 5.74) is 1.18. The molecule has 1 heterocycles. The van der Waals surface area contributed by atoms with Crippen LogP contribution in [0.3, 0.4) is 0 Å². The highest BCUT2D eigenvalue weighted by Crippen LogP contribution is 2.29. The Morgan fingerprint density at radius 2 is 1.75 bits per heavy atom. The second-order valence-electron chi connectivity index (χ2n) is 4.31. The molecule has 0 unspecified atom stereocenters. The number of fused-ring (bicyclic) bond motifs is 1. The van der Waals surface area contributed by atoms with Crippen LogP contribution in [0.25, 0.3) is 10.8 Å². The number of nitrogens with zero attached hydrogens (tertiary/aromatic N) is 1. The van der Waals surface area contributed by atoms with Crippen LogP contribution in [0, 0.1) is 0 Å². The predicted octanol–water partition coefficient (Wildman–Crippen LogP) is 4.25. The molecule has 20 heavy (non-hydrogen) atoms. The number of aromatic nitrogens is 1. The van der Waals surface area contributed by atoms with E-state index in [4.69, 9.17) is 0 Å². The maximum absolute atomic E-state index is 12.2. The molecule has 3 nitrogen and oxygen atoms in total. The quantitative estimate of drug-likeness (QED) is 0.764. The third-order valence-corrected chi connectivity index (χ3v) is 3.71. The van der Waals surface area contributed by atoms with Gasteiger partial charge in [0.05, 0.1) is 0 Å². The average Bonchev–Trinajstić information content (AvgIpc) is 2.49. The number of amides is 1. The molecule has 0 atom stereocenters. The molecule has 2 aromatic carbocycles. The molecule has 0 spiro atoms.